The molecule has 0 bridgehead atoms. The zero-order valence-corrected chi connectivity index (χ0v) is 20.6. The number of rotatable bonds is 11. The molecule has 37 heavy (non-hydrogen) atoms. The Labute approximate surface area is 215 Å². The van der Waals surface area contributed by atoms with E-state index in [9.17, 15) is 19.5 Å². The number of benzene rings is 3. The number of carboxylic acid groups (broad SMARTS) is 1. The van der Waals surface area contributed by atoms with Crippen LogP contribution in [0.15, 0.2) is 78.9 Å². The SMILES string of the molecule is COC(CCNC(=O)OCC1c2ccccc2-c2ccccc21)C(=O)N(CC(=O)O)Cc1ccccc1. The lowest BCUT2D eigenvalue weighted by Crippen LogP contribution is -2.43. The van der Waals surface area contributed by atoms with Crippen LogP contribution >= 0.6 is 0 Å². The Bertz CT molecular complexity index is 1200. The lowest BCUT2D eigenvalue weighted by Gasteiger charge is -2.25. The van der Waals surface area contributed by atoms with Gasteiger partial charge in [-0.3, -0.25) is 9.59 Å². The van der Waals surface area contributed by atoms with Gasteiger partial charge in [-0.25, -0.2) is 4.79 Å². The van der Waals surface area contributed by atoms with Gasteiger partial charge >= 0.3 is 12.1 Å². The molecule has 0 saturated carbocycles. The van der Waals surface area contributed by atoms with Gasteiger partial charge in [0, 0.05) is 32.5 Å². The average molecular weight is 503 g/mol. The third kappa shape index (κ3) is 6.34. The molecule has 1 unspecified atom stereocenters. The summed E-state index contributed by atoms with van der Waals surface area (Å²) in [7, 11) is 1.39. The molecule has 2 amide bonds. The quantitative estimate of drug-likeness (QED) is 0.410. The van der Waals surface area contributed by atoms with E-state index in [-0.39, 0.29) is 32.0 Å². The molecule has 8 nitrogen and oxygen atoms in total. The summed E-state index contributed by atoms with van der Waals surface area (Å²) in [6.45, 7) is 0.0160. The van der Waals surface area contributed by atoms with Gasteiger partial charge in [0.15, 0.2) is 0 Å². The van der Waals surface area contributed by atoms with Crippen molar-refractivity contribution in [2.75, 3.05) is 26.8 Å². The van der Waals surface area contributed by atoms with Crippen molar-refractivity contribution < 1.29 is 29.0 Å². The minimum absolute atomic E-state index is 0.0472. The molecule has 1 aliphatic carbocycles. The fraction of sp³-hybridized carbons (Fsp3) is 0.276. The maximum Gasteiger partial charge on any atom is 0.407 e. The van der Waals surface area contributed by atoms with Crippen molar-refractivity contribution in [1.82, 2.24) is 10.2 Å². The summed E-state index contributed by atoms with van der Waals surface area (Å²) >= 11 is 0. The van der Waals surface area contributed by atoms with Crippen LogP contribution in [0.3, 0.4) is 0 Å². The van der Waals surface area contributed by atoms with Crippen molar-refractivity contribution >= 4 is 18.0 Å². The molecule has 8 heteroatoms. The Morgan fingerprint density at radius 2 is 1.51 bits per heavy atom. The summed E-state index contributed by atoms with van der Waals surface area (Å²) in [6, 6.07) is 25.3. The number of hydrogen-bond donors (Lipinski definition) is 2. The van der Waals surface area contributed by atoms with Gasteiger partial charge in [0.25, 0.3) is 5.91 Å². The number of hydrogen-bond acceptors (Lipinski definition) is 5. The minimum atomic E-state index is -1.11. The number of nitrogens with zero attached hydrogens (tertiary/aromatic N) is 1. The highest BCUT2D eigenvalue weighted by molar-refractivity contribution is 5.84. The summed E-state index contributed by atoms with van der Waals surface area (Å²) in [5.74, 6) is -1.62. The first kappa shape index (κ1) is 25.9. The van der Waals surface area contributed by atoms with Crippen molar-refractivity contribution in [2.45, 2.75) is 25.0 Å². The summed E-state index contributed by atoms with van der Waals surface area (Å²) in [5.41, 5.74) is 5.35. The molecule has 2 N–H and O–H groups in total. The van der Waals surface area contributed by atoms with E-state index in [0.717, 1.165) is 27.8 Å². The molecule has 0 saturated heterocycles. The Balaban J connectivity index is 1.30. The van der Waals surface area contributed by atoms with E-state index in [2.05, 4.69) is 17.4 Å². The Kier molecular flexibility index (Phi) is 8.53. The first-order valence-corrected chi connectivity index (χ1v) is 12.1. The fourth-order valence-electron chi connectivity index (χ4n) is 4.68. The van der Waals surface area contributed by atoms with E-state index >= 15 is 0 Å². The average Bonchev–Trinajstić information content (AvgIpc) is 3.23. The molecular weight excluding hydrogens is 472 g/mol. The Morgan fingerprint density at radius 3 is 2.11 bits per heavy atom. The molecule has 1 atom stereocenters. The van der Waals surface area contributed by atoms with Gasteiger partial charge in [-0.2, -0.15) is 0 Å². The van der Waals surface area contributed by atoms with Gasteiger partial charge in [0.2, 0.25) is 0 Å². The number of amides is 2. The van der Waals surface area contributed by atoms with Crippen molar-refractivity contribution in [1.29, 1.82) is 0 Å². The fourth-order valence-corrected chi connectivity index (χ4v) is 4.68. The predicted molar refractivity (Wildman–Crippen MR) is 138 cm³/mol. The summed E-state index contributed by atoms with van der Waals surface area (Å²) < 4.78 is 10.9. The Morgan fingerprint density at radius 1 is 0.919 bits per heavy atom. The van der Waals surface area contributed by atoms with E-state index in [1.54, 1.807) is 0 Å². The number of ether oxygens (including phenoxy) is 2. The molecule has 0 heterocycles. The molecule has 192 valence electrons. The van der Waals surface area contributed by atoms with Crippen LogP contribution in [0.4, 0.5) is 4.79 Å². The van der Waals surface area contributed by atoms with Gasteiger partial charge < -0.3 is 24.8 Å². The van der Waals surface area contributed by atoms with Gasteiger partial charge in [-0.1, -0.05) is 78.9 Å². The smallest absolute Gasteiger partial charge is 0.407 e. The zero-order valence-electron chi connectivity index (χ0n) is 20.6. The van der Waals surface area contributed by atoms with Crippen LogP contribution in [0.2, 0.25) is 0 Å². The monoisotopic (exact) mass is 502 g/mol. The maximum absolute atomic E-state index is 13.0. The molecule has 0 fully saturated rings. The summed E-state index contributed by atoms with van der Waals surface area (Å²) in [5, 5.41) is 12.0. The van der Waals surface area contributed by atoms with Gasteiger partial charge in [0.05, 0.1) is 0 Å². The standard InChI is InChI=1S/C29H30N2O6/c1-36-26(28(34)31(18-27(32)33)17-20-9-3-2-4-10-20)15-16-30-29(35)37-19-25-23-13-7-5-11-21(23)22-12-6-8-14-24(22)25/h2-14,25-26H,15-19H2,1H3,(H,30,35)(H,32,33). The third-order valence-electron chi connectivity index (χ3n) is 6.43. The molecular formula is C29H30N2O6. The predicted octanol–water partition coefficient (Wildman–Crippen LogP) is 4.04. The minimum Gasteiger partial charge on any atom is -0.480 e. The van der Waals surface area contributed by atoms with E-state index in [1.165, 1.54) is 12.0 Å². The van der Waals surface area contributed by atoms with Crippen molar-refractivity contribution in [2.24, 2.45) is 0 Å². The second-order valence-corrected chi connectivity index (χ2v) is 8.84. The number of carbonyl (C=O) groups excluding carboxylic acids is 2. The molecule has 3 aromatic rings. The van der Waals surface area contributed by atoms with Crippen LogP contribution in [-0.2, 0) is 25.6 Å². The second-order valence-electron chi connectivity index (χ2n) is 8.84. The number of methoxy groups -OCH3 is 1. The van der Waals surface area contributed by atoms with Crippen molar-refractivity contribution in [3.05, 3.63) is 95.6 Å². The topological polar surface area (TPSA) is 105 Å². The first-order chi connectivity index (χ1) is 18.0. The summed E-state index contributed by atoms with van der Waals surface area (Å²) in [4.78, 5) is 38.0. The van der Waals surface area contributed by atoms with E-state index in [4.69, 9.17) is 9.47 Å². The number of alkyl carbamates (subject to hydrolysis) is 1. The molecule has 0 radical (unpaired) electrons. The molecule has 0 aromatic heterocycles. The summed E-state index contributed by atoms with van der Waals surface area (Å²) in [6.07, 6.45) is -1.32. The van der Waals surface area contributed by atoms with Gasteiger partial charge in [-0.05, 0) is 27.8 Å². The lowest BCUT2D eigenvalue weighted by molar-refractivity contribution is -0.150. The van der Waals surface area contributed by atoms with Crippen LogP contribution in [0.1, 0.15) is 29.0 Å². The van der Waals surface area contributed by atoms with Crippen LogP contribution in [0.5, 0.6) is 0 Å². The number of fused-ring (bicyclic) bond motifs is 3. The van der Waals surface area contributed by atoms with Crippen molar-refractivity contribution in [3.8, 4) is 11.1 Å². The number of nitrogens with one attached hydrogen (secondary N) is 1. The van der Waals surface area contributed by atoms with Gasteiger partial charge in [-0.15, -0.1) is 0 Å². The molecule has 1 aliphatic rings. The van der Waals surface area contributed by atoms with E-state index in [0.29, 0.717) is 0 Å². The first-order valence-electron chi connectivity index (χ1n) is 12.1. The molecule has 0 spiro atoms. The van der Waals surface area contributed by atoms with Crippen LogP contribution in [0.25, 0.3) is 11.1 Å². The zero-order chi connectivity index (χ0) is 26.2. The Hall–Kier alpha value is -4.17. The van der Waals surface area contributed by atoms with Crippen LogP contribution in [0, 0.1) is 0 Å². The molecule has 3 aromatic carbocycles. The normalized spacial score (nSPS) is 12.8. The van der Waals surface area contributed by atoms with Gasteiger partial charge in [0.1, 0.15) is 19.3 Å². The number of carboxylic acids is 1. The lowest BCUT2D eigenvalue weighted by atomic mass is 9.98. The number of aliphatic carboxylic acids is 1. The molecule has 0 aliphatic heterocycles. The highest BCUT2D eigenvalue weighted by atomic mass is 16.5. The largest absolute Gasteiger partial charge is 0.480 e. The third-order valence-corrected chi connectivity index (χ3v) is 6.43. The van der Waals surface area contributed by atoms with Crippen LogP contribution in [-0.4, -0.2) is 60.9 Å². The maximum atomic E-state index is 13.0. The number of carbonyl (C=O) groups is 3. The second kappa shape index (κ2) is 12.2. The molecule has 4 rings (SSSR count). The van der Waals surface area contributed by atoms with Crippen LogP contribution < -0.4 is 5.32 Å². The van der Waals surface area contributed by atoms with Crippen molar-refractivity contribution in [3.63, 3.8) is 0 Å². The highest BCUT2D eigenvalue weighted by Crippen LogP contribution is 2.44. The highest BCUT2D eigenvalue weighted by Gasteiger charge is 2.29. The van der Waals surface area contributed by atoms with E-state index in [1.807, 2.05) is 66.7 Å². The van der Waals surface area contributed by atoms with E-state index < -0.39 is 30.6 Å².